The zero-order valence-corrected chi connectivity index (χ0v) is 7.17. The van der Waals surface area contributed by atoms with Crippen LogP contribution in [0.2, 0.25) is 0 Å². The fraction of sp³-hybridized carbons (Fsp3) is 0.625. The van der Waals surface area contributed by atoms with Crippen LogP contribution in [0.25, 0.3) is 0 Å². The first kappa shape index (κ1) is 8.31. The smallest absolute Gasteiger partial charge is 0.324 e. The predicted molar refractivity (Wildman–Crippen MR) is 40.9 cm³/mol. The third-order valence-electron chi connectivity index (χ3n) is 2.69. The second-order valence-corrected chi connectivity index (χ2v) is 3.54. The number of hydrogen-bond donors (Lipinski definition) is 1. The molecular formula is C8H8F2N2O2. The van der Waals surface area contributed by atoms with Crippen LogP contribution in [0.15, 0.2) is 10.7 Å². The standard InChI is InChI=1S/C8H8F2N2O2/c9-8(10)6-3-13-2-5(12-6)4-1-11-14-7(4)8/h1,5-6,12H,2-3H2. The topological polar surface area (TPSA) is 47.3 Å². The van der Waals surface area contributed by atoms with Crippen molar-refractivity contribution < 1.29 is 18.0 Å². The molecule has 6 heteroatoms. The first-order chi connectivity index (χ1) is 6.69. The summed E-state index contributed by atoms with van der Waals surface area (Å²) in [6.45, 7) is 0.393. The lowest BCUT2D eigenvalue weighted by Crippen LogP contribution is -2.56. The van der Waals surface area contributed by atoms with Gasteiger partial charge in [-0.15, -0.1) is 0 Å². The number of rotatable bonds is 0. The molecule has 0 radical (unpaired) electrons. The molecule has 1 N–H and O–H groups in total. The molecule has 0 spiro atoms. The summed E-state index contributed by atoms with van der Waals surface area (Å²) in [6.07, 6.45) is 1.33. The average Bonchev–Trinajstić information content (AvgIpc) is 2.65. The van der Waals surface area contributed by atoms with E-state index in [0.29, 0.717) is 12.2 Å². The van der Waals surface area contributed by atoms with Gasteiger partial charge in [0.25, 0.3) is 0 Å². The van der Waals surface area contributed by atoms with E-state index < -0.39 is 12.0 Å². The van der Waals surface area contributed by atoms with Crippen molar-refractivity contribution in [1.82, 2.24) is 10.5 Å². The quantitative estimate of drug-likeness (QED) is 0.676. The minimum absolute atomic E-state index is 0.00361. The number of alkyl halides is 2. The summed E-state index contributed by atoms with van der Waals surface area (Å²) in [4.78, 5) is 0. The summed E-state index contributed by atoms with van der Waals surface area (Å²) in [5.41, 5.74) is 0.408. The van der Waals surface area contributed by atoms with Gasteiger partial charge in [-0.2, -0.15) is 8.78 Å². The number of hydrogen-bond acceptors (Lipinski definition) is 4. The van der Waals surface area contributed by atoms with Crippen molar-refractivity contribution in [3.8, 4) is 0 Å². The highest BCUT2D eigenvalue weighted by Crippen LogP contribution is 2.42. The van der Waals surface area contributed by atoms with E-state index in [9.17, 15) is 8.78 Å². The highest BCUT2D eigenvalue weighted by molar-refractivity contribution is 5.28. The number of nitrogens with zero attached hydrogens (tertiary/aromatic N) is 1. The van der Waals surface area contributed by atoms with E-state index in [0.717, 1.165) is 0 Å². The van der Waals surface area contributed by atoms with Crippen LogP contribution in [0.5, 0.6) is 0 Å². The predicted octanol–water partition coefficient (Wildman–Crippen LogP) is 0.809. The third-order valence-corrected chi connectivity index (χ3v) is 2.69. The Morgan fingerprint density at radius 3 is 3.21 bits per heavy atom. The normalized spacial score (nSPS) is 33.9. The molecule has 2 bridgehead atoms. The number of nitrogens with one attached hydrogen (secondary N) is 1. The van der Waals surface area contributed by atoms with Crippen LogP contribution in [0, 0.1) is 0 Å². The second kappa shape index (κ2) is 2.52. The largest absolute Gasteiger partial charge is 0.378 e. The van der Waals surface area contributed by atoms with Crippen molar-refractivity contribution in [2.45, 2.75) is 18.0 Å². The zero-order valence-electron chi connectivity index (χ0n) is 7.17. The first-order valence-electron chi connectivity index (χ1n) is 4.36. The van der Waals surface area contributed by atoms with E-state index in [2.05, 4.69) is 15.0 Å². The minimum Gasteiger partial charge on any atom is -0.378 e. The molecule has 1 aromatic heterocycles. The molecule has 76 valence electrons. The molecule has 2 unspecified atom stereocenters. The lowest BCUT2D eigenvalue weighted by molar-refractivity contribution is -0.125. The van der Waals surface area contributed by atoms with Crippen LogP contribution < -0.4 is 5.32 Å². The molecule has 2 atom stereocenters. The van der Waals surface area contributed by atoms with Gasteiger partial charge in [0.05, 0.1) is 25.5 Å². The van der Waals surface area contributed by atoms with E-state index in [4.69, 9.17) is 4.74 Å². The van der Waals surface area contributed by atoms with Gasteiger partial charge in [-0.25, -0.2) is 0 Å². The van der Waals surface area contributed by atoms with Crippen LogP contribution in [0.3, 0.4) is 0 Å². The van der Waals surface area contributed by atoms with Crippen LogP contribution in [0.4, 0.5) is 8.78 Å². The van der Waals surface area contributed by atoms with Crippen LogP contribution >= 0.6 is 0 Å². The van der Waals surface area contributed by atoms with Gasteiger partial charge in [0.2, 0.25) is 5.76 Å². The molecule has 2 aliphatic heterocycles. The molecule has 1 aromatic rings. The Kier molecular flexibility index (Phi) is 1.49. The van der Waals surface area contributed by atoms with Crippen LogP contribution in [0.1, 0.15) is 17.4 Å². The maximum Gasteiger partial charge on any atom is 0.324 e. The lowest BCUT2D eigenvalue weighted by Gasteiger charge is -2.39. The van der Waals surface area contributed by atoms with E-state index in [1.807, 2.05) is 0 Å². The average molecular weight is 202 g/mol. The van der Waals surface area contributed by atoms with E-state index in [1.165, 1.54) is 6.20 Å². The van der Waals surface area contributed by atoms with Gasteiger partial charge < -0.3 is 9.26 Å². The Hall–Kier alpha value is -1.01. The van der Waals surface area contributed by atoms with Crippen molar-refractivity contribution in [2.75, 3.05) is 13.2 Å². The highest BCUT2D eigenvalue weighted by atomic mass is 19.3. The Morgan fingerprint density at radius 1 is 1.50 bits per heavy atom. The summed E-state index contributed by atoms with van der Waals surface area (Å²) in [5.74, 6) is -3.34. The number of fused-ring (bicyclic) bond motifs is 4. The van der Waals surface area contributed by atoms with E-state index >= 15 is 0 Å². The number of ether oxygens (including phenoxy) is 1. The van der Waals surface area contributed by atoms with Gasteiger partial charge in [-0.1, -0.05) is 5.16 Å². The Balaban J connectivity index is 2.15. The van der Waals surface area contributed by atoms with Crippen LogP contribution in [-0.4, -0.2) is 24.4 Å². The molecule has 4 nitrogen and oxygen atoms in total. The third kappa shape index (κ3) is 0.896. The maximum absolute atomic E-state index is 13.6. The minimum atomic E-state index is -3.03. The molecule has 3 heterocycles. The van der Waals surface area contributed by atoms with Crippen molar-refractivity contribution in [3.05, 3.63) is 17.5 Å². The molecule has 14 heavy (non-hydrogen) atoms. The van der Waals surface area contributed by atoms with Crippen molar-refractivity contribution >= 4 is 0 Å². The number of halogens is 2. The summed E-state index contributed by atoms with van der Waals surface area (Å²) < 4.78 is 37.0. The zero-order chi connectivity index (χ0) is 9.76. The van der Waals surface area contributed by atoms with E-state index in [-0.39, 0.29) is 18.4 Å². The van der Waals surface area contributed by atoms with E-state index in [1.54, 1.807) is 0 Å². The molecule has 0 aliphatic carbocycles. The Morgan fingerprint density at radius 2 is 2.36 bits per heavy atom. The summed E-state index contributed by atoms with van der Waals surface area (Å²) in [5, 5.41) is 6.22. The van der Waals surface area contributed by atoms with Crippen molar-refractivity contribution in [2.24, 2.45) is 0 Å². The molecule has 1 fully saturated rings. The summed E-state index contributed by atoms with van der Waals surface area (Å²) in [6, 6.07) is -1.21. The Labute approximate surface area is 78.2 Å². The van der Waals surface area contributed by atoms with Gasteiger partial charge in [0, 0.05) is 5.56 Å². The SMILES string of the molecule is FC1(F)c2oncc2C2COCC1N2. The molecule has 3 rings (SSSR count). The maximum atomic E-state index is 13.6. The van der Waals surface area contributed by atoms with Crippen LogP contribution in [-0.2, 0) is 10.7 Å². The molecule has 0 amide bonds. The number of aromatic nitrogens is 1. The van der Waals surface area contributed by atoms with Gasteiger partial charge >= 0.3 is 5.92 Å². The second-order valence-electron chi connectivity index (χ2n) is 3.54. The molecular weight excluding hydrogens is 194 g/mol. The van der Waals surface area contributed by atoms with Crippen molar-refractivity contribution in [1.29, 1.82) is 0 Å². The summed E-state index contributed by atoms with van der Waals surface area (Å²) >= 11 is 0. The molecule has 0 aromatic carbocycles. The molecule has 0 saturated carbocycles. The van der Waals surface area contributed by atoms with Crippen molar-refractivity contribution in [3.63, 3.8) is 0 Å². The highest BCUT2D eigenvalue weighted by Gasteiger charge is 2.53. The first-order valence-corrected chi connectivity index (χ1v) is 4.36. The van der Waals surface area contributed by atoms with Gasteiger partial charge in [-0.05, 0) is 0 Å². The lowest BCUT2D eigenvalue weighted by atomic mass is 9.93. The van der Waals surface area contributed by atoms with Gasteiger partial charge in [0.1, 0.15) is 6.04 Å². The number of morpholine rings is 1. The summed E-state index contributed by atoms with van der Waals surface area (Å²) in [7, 11) is 0. The fourth-order valence-corrected chi connectivity index (χ4v) is 1.94. The molecule has 2 aliphatic rings. The van der Waals surface area contributed by atoms with Gasteiger partial charge in [-0.3, -0.25) is 5.32 Å². The van der Waals surface area contributed by atoms with Gasteiger partial charge in [0.15, 0.2) is 0 Å². The fourth-order valence-electron chi connectivity index (χ4n) is 1.94. The Bertz CT molecular complexity index is 366. The monoisotopic (exact) mass is 202 g/mol. The molecule has 1 saturated heterocycles.